The highest BCUT2D eigenvalue weighted by atomic mass is 16.5. The number of ether oxygens (including phenoxy) is 1. The zero-order valence-corrected chi connectivity index (χ0v) is 11.1. The van der Waals surface area contributed by atoms with Crippen molar-refractivity contribution in [2.75, 3.05) is 6.61 Å². The second-order valence-electron chi connectivity index (χ2n) is 3.97. The van der Waals surface area contributed by atoms with Gasteiger partial charge >= 0.3 is 5.97 Å². The second kappa shape index (κ2) is 5.55. The molecule has 0 fully saturated rings. The Morgan fingerprint density at radius 3 is 2.84 bits per heavy atom. The molecule has 2 heterocycles. The zero-order valence-electron chi connectivity index (χ0n) is 11.1. The second-order valence-corrected chi connectivity index (χ2v) is 3.97. The Morgan fingerprint density at radius 2 is 2.16 bits per heavy atom. The highest BCUT2D eigenvalue weighted by Gasteiger charge is 2.18. The summed E-state index contributed by atoms with van der Waals surface area (Å²) in [7, 11) is 0. The maximum absolute atomic E-state index is 11.8. The summed E-state index contributed by atoms with van der Waals surface area (Å²) in [5, 5.41) is 7.76. The van der Waals surface area contributed by atoms with Gasteiger partial charge in [0.2, 0.25) is 5.82 Å². The Hall–Kier alpha value is -2.31. The van der Waals surface area contributed by atoms with Crippen LogP contribution < -0.4 is 0 Å². The molecule has 0 atom stereocenters. The first-order valence-electron chi connectivity index (χ1n) is 5.97. The first kappa shape index (κ1) is 13.1. The largest absolute Gasteiger partial charge is 0.460 e. The van der Waals surface area contributed by atoms with Crippen molar-refractivity contribution >= 4 is 5.97 Å². The maximum atomic E-state index is 11.8. The lowest BCUT2D eigenvalue weighted by Crippen LogP contribution is -2.15. The van der Waals surface area contributed by atoms with Crippen LogP contribution in [0.25, 0.3) is 0 Å². The van der Waals surface area contributed by atoms with Gasteiger partial charge in [0.25, 0.3) is 0 Å². The fourth-order valence-corrected chi connectivity index (χ4v) is 1.67. The average Bonchev–Trinajstić information content (AvgIpc) is 2.72. The number of rotatable bonds is 4. The molecule has 0 amide bonds. The van der Waals surface area contributed by atoms with E-state index >= 15 is 0 Å². The highest BCUT2D eigenvalue weighted by Crippen LogP contribution is 2.07. The van der Waals surface area contributed by atoms with E-state index in [1.807, 2.05) is 6.92 Å². The topological polar surface area (TPSA) is 82.8 Å². The van der Waals surface area contributed by atoms with Crippen LogP contribution in [-0.4, -0.2) is 37.3 Å². The highest BCUT2D eigenvalue weighted by molar-refractivity contribution is 5.85. The van der Waals surface area contributed by atoms with Crippen LogP contribution in [0, 0.1) is 13.8 Å². The van der Waals surface area contributed by atoms with Crippen molar-refractivity contribution in [3.8, 4) is 0 Å². The monoisotopic (exact) mass is 261 g/mol. The third-order valence-corrected chi connectivity index (χ3v) is 2.55. The van der Waals surface area contributed by atoms with E-state index in [9.17, 15) is 4.79 Å². The number of aryl methyl sites for hydroxylation is 2. The van der Waals surface area contributed by atoms with E-state index in [0.717, 1.165) is 5.69 Å². The maximum Gasteiger partial charge on any atom is 0.376 e. The normalized spacial score (nSPS) is 10.5. The molecular formula is C12H15N5O2. The lowest BCUT2D eigenvalue weighted by atomic mass is 10.3. The molecule has 7 heteroatoms. The molecule has 2 aromatic heterocycles. The molecule has 0 bridgehead atoms. The summed E-state index contributed by atoms with van der Waals surface area (Å²) in [5.41, 5.74) is 0.793. The van der Waals surface area contributed by atoms with Crippen LogP contribution in [0.15, 0.2) is 12.3 Å². The van der Waals surface area contributed by atoms with Gasteiger partial charge in [-0.05, 0) is 26.8 Å². The lowest BCUT2D eigenvalue weighted by molar-refractivity contribution is 0.0506. The van der Waals surface area contributed by atoms with E-state index in [-0.39, 0.29) is 5.82 Å². The van der Waals surface area contributed by atoms with Gasteiger partial charge < -0.3 is 4.74 Å². The van der Waals surface area contributed by atoms with Crippen molar-refractivity contribution in [1.29, 1.82) is 0 Å². The lowest BCUT2D eigenvalue weighted by Gasteiger charge is -2.07. The van der Waals surface area contributed by atoms with Crippen molar-refractivity contribution < 1.29 is 9.53 Å². The summed E-state index contributed by atoms with van der Waals surface area (Å²) < 4.78 is 6.63. The molecule has 2 aromatic rings. The van der Waals surface area contributed by atoms with Crippen molar-refractivity contribution in [3.05, 3.63) is 35.4 Å². The molecule has 19 heavy (non-hydrogen) atoms. The van der Waals surface area contributed by atoms with Gasteiger partial charge in [-0.1, -0.05) is 0 Å². The van der Waals surface area contributed by atoms with Gasteiger partial charge in [-0.2, -0.15) is 0 Å². The van der Waals surface area contributed by atoms with Crippen LogP contribution >= 0.6 is 0 Å². The number of carbonyl (C=O) groups excluding carboxylic acids is 1. The first-order valence-corrected chi connectivity index (χ1v) is 5.97. The van der Waals surface area contributed by atoms with Crippen molar-refractivity contribution in [1.82, 2.24) is 24.7 Å². The van der Waals surface area contributed by atoms with Crippen LogP contribution in [0.2, 0.25) is 0 Å². The van der Waals surface area contributed by atoms with Crippen molar-refractivity contribution in [3.63, 3.8) is 0 Å². The molecule has 100 valence electrons. The molecule has 2 rings (SSSR count). The van der Waals surface area contributed by atoms with Crippen LogP contribution in [-0.2, 0) is 11.3 Å². The molecule has 0 spiro atoms. The molecular weight excluding hydrogens is 246 g/mol. The summed E-state index contributed by atoms with van der Waals surface area (Å²) >= 11 is 0. The van der Waals surface area contributed by atoms with E-state index < -0.39 is 5.97 Å². The van der Waals surface area contributed by atoms with Gasteiger partial charge in [-0.25, -0.2) is 14.8 Å². The molecule has 0 aromatic carbocycles. The predicted molar refractivity (Wildman–Crippen MR) is 66.6 cm³/mol. The van der Waals surface area contributed by atoms with Crippen molar-refractivity contribution in [2.24, 2.45) is 0 Å². The first-order chi connectivity index (χ1) is 9.11. The summed E-state index contributed by atoms with van der Waals surface area (Å²) in [4.78, 5) is 20.1. The minimum absolute atomic E-state index is 0.190. The smallest absolute Gasteiger partial charge is 0.376 e. The third kappa shape index (κ3) is 2.93. The zero-order chi connectivity index (χ0) is 13.8. The number of nitrogens with zero attached hydrogens (tertiary/aromatic N) is 5. The Balaban J connectivity index is 2.29. The van der Waals surface area contributed by atoms with E-state index in [1.54, 1.807) is 30.7 Å². The Kier molecular flexibility index (Phi) is 3.84. The molecule has 0 saturated carbocycles. The van der Waals surface area contributed by atoms with Gasteiger partial charge in [0.15, 0.2) is 0 Å². The number of esters is 1. The molecule has 0 aliphatic rings. The third-order valence-electron chi connectivity index (χ3n) is 2.55. The van der Waals surface area contributed by atoms with Crippen molar-refractivity contribution in [2.45, 2.75) is 27.3 Å². The Bertz CT molecular complexity index is 594. The summed E-state index contributed by atoms with van der Waals surface area (Å²) in [6, 6.07) is 1.79. The number of hydrogen-bond acceptors (Lipinski definition) is 6. The number of aromatic nitrogens is 5. The molecule has 0 N–H and O–H groups in total. The van der Waals surface area contributed by atoms with Crippen LogP contribution in [0.3, 0.4) is 0 Å². The minimum atomic E-state index is -0.478. The van der Waals surface area contributed by atoms with Crippen LogP contribution in [0.4, 0.5) is 0 Å². The summed E-state index contributed by atoms with van der Waals surface area (Å²) in [6.07, 6.45) is 1.68. The Morgan fingerprint density at radius 1 is 1.37 bits per heavy atom. The average molecular weight is 261 g/mol. The molecule has 0 saturated heterocycles. The standard InChI is InChI=1S/C12H15N5O2/c1-4-19-12(18)11-16-15-9(3)17(11)7-10-5-6-13-8(2)14-10/h5-6H,4,7H2,1-3H3. The fraction of sp³-hybridized carbons (Fsp3) is 0.417. The SMILES string of the molecule is CCOC(=O)c1nnc(C)n1Cc1ccnc(C)n1. The molecule has 0 radical (unpaired) electrons. The summed E-state index contributed by atoms with van der Waals surface area (Å²) in [5.74, 6) is 1.03. The fourth-order valence-electron chi connectivity index (χ4n) is 1.67. The van der Waals surface area contributed by atoms with E-state index in [2.05, 4.69) is 20.2 Å². The van der Waals surface area contributed by atoms with E-state index in [0.29, 0.717) is 24.8 Å². The van der Waals surface area contributed by atoms with Gasteiger partial charge in [0.05, 0.1) is 18.8 Å². The minimum Gasteiger partial charge on any atom is -0.460 e. The van der Waals surface area contributed by atoms with Crippen LogP contribution in [0.1, 0.15) is 34.9 Å². The van der Waals surface area contributed by atoms with Gasteiger partial charge in [0, 0.05) is 6.20 Å². The Labute approximate surface area is 110 Å². The number of carbonyl (C=O) groups is 1. The van der Waals surface area contributed by atoms with E-state index in [4.69, 9.17) is 4.74 Å². The summed E-state index contributed by atoms with van der Waals surface area (Å²) in [6.45, 7) is 6.06. The quantitative estimate of drug-likeness (QED) is 0.761. The van der Waals surface area contributed by atoms with Gasteiger partial charge in [-0.15, -0.1) is 10.2 Å². The number of hydrogen-bond donors (Lipinski definition) is 0. The van der Waals surface area contributed by atoms with Gasteiger partial charge in [0.1, 0.15) is 11.6 Å². The van der Waals surface area contributed by atoms with Gasteiger partial charge in [-0.3, -0.25) is 4.57 Å². The molecule has 0 unspecified atom stereocenters. The molecule has 0 aliphatic heterocycles. The predicted octanol–water partition coefficient (Wildman–Crippen LogP) is 0.910. The molecule has 7 nitrogen and oxygen atoms in total. The van der Waals surface area contributed by atoms with E-state index in [1.165, 1.54) is 0 Å². The van der Waals surface area contributed by atoms with Crippen LogP contribution in [0.5, 0.6) is 0 Å². The molecule has 0 aliphatic carbocycles.